The molecule has 0 radical (unpaired) electrons. The minimum absolute atomic E-state index is 0.123. The van der Waals surface area contributed by atoms with Gasteiger partial charge in [-0.1, -0.05) is 32.0 Å². The first-order chi connectivity index (χ1) is 14.8. The Morgan fingerprint density at radius 2 is 1.94 bits per heavy atom. The summed E-state index contributed by atoms with van der Waals surface area (Å²) in [5.74, 6) is -1.44. The largest absolute Gasteiger partial charge is 0.511 e. The Hall–Kier alpha value is -3.03. The summed E-state index contributed by atoms with van der Waals surface area (Å²) in [6.45, 7) is 11.6. The molecule has 8 nitrogen and oxygen atoms in total. The molecular formula is C24H33N3O5. The number of benzene rings is 1. The third kappa shape index (κ3) is 4.59. The number of rotatable bonds is 3. The molecule has 2 aliphatic heterocycles. The van der Waals surface area contributed by atoms with Crippen molar-refractivity contribution in [3.05, 3.63) is 41.2 Å². The number of anilines is 1. The third-order valence-corrected chi connectivity index (χ3v) is 6.00. The lowest BCUT2D eigenvalue weighted by Gasteiger charge is -2.48. The monoisotopic (exact) mass is 443 g/mol. The number of nitrogens with one attached hydrogen (secondary N) is 2. The topological polar surface area (TPSA) is 108 Å². The fraction of sp³-hybridized carbons (Fsp3) is 0.542. The summed E-state index contributed by atoms with van der Waals surface area (Å²) in [7, 11) is 0. The number of hydrogen-bond acceptors (Lipinski definition) is 5. The van der Waals surface area contributed by atoms with Crippen LogP contribution in [0.3, 0.4) is 0 Å². The number of fused-ring (bicyclic) bond motifs is 1. The van der Waals surface area contributed by atoms with Crippen molar-refractivity contribution in [2.24, 2.45) is 5.41 Å². The lowest BCUT2D eigenvalue weighted by Crippen LogP contribution is -2.62. The molecule has 32 heavy (non-hydrogen) atoms. The Kier molecular flexibility index (Phi) is 6.26. The van der Waals surface area contributed by atoms with Gasteiger partial charge < -0.3 is 25.4 Å². The molecule has 1 saturated heterocycles. The maximum absolute atomic E-state index is 13.1. The van der Waals surface area contributed by atoms with Gasteiger partial charge in [0, 0.05) is 24.8 Å². The number of hydrogen-bond donors (Lipinski definition) is 3. The van der Waals surface area contributed by atoms with Gasteiger partial charge in [0.15, 0.2) is 0 Å². The molecule has 0 bridgehead atoms. The fourth-order valence-electron chi connectivity index (χ4n) is 4.28. The van der Waals surface area contributed by atoms with Crippen molar-refractivity contribution in [1.29, 1.82) is 0 Å². The van der Waals surface area contributed by atoms with E-state index in [-0.39, 0.29) is 23.8 Å². The predicted octanol–water partition coefficient (Wildman–Crippen LogP) is 3.71. The number of aliphatic hydroxyl groups excluding tert-OH is 1. The van der Waals surface area contributed by atoms with Gasteiger partial charge in [0.25, 0.3) is 11.8 Å². The maximum Gasteiger partial charge on any atom is 0.410 e. The van der Waals surface area contributed by atoms with Gasteiger partial charge in [0.2, 0.25) is 0 Å². The Morgan fingerprint density at radius 3 is 2.56 bits per heavy atom. The molecule has 2 aliphatic rings. The summed E-state index contributed by atoms with van der Waals surface area (Å²) in [5, 5.41) is 16.8. The third-order valence-electron chi connectivity index (χ3n) is 6.00. The smallest absolute Gasteiger partial charge is 0.410 e. The van der Waals surface area contributed by atoms with Gasteiger partial charge in [0.05, 0.1) is 5.41 Å². The van der Waals surface area contributed by atoms with Crippen molar-refractivity contribution in [2.75, 3.05) is 18.4 Å². The Labute approximate surface area is 189 Å². The molecule has 1 aromatic carbocycles. The molecule has 2 atom stereocenters. The van der Waals surface area contributed by atoms with Crippen LogP contribution in [0, 0.1) is 5.41 Å². The molecule has 0 unspecified atom stereocenters. The molecule has 2 heterocycles. The highest BCUT2D eigenvalue weighted by Gasteiger charge is 2.51. The first-order valence-corrected chi connectivity index (χ1v) is 11.0. The summed E-state index contributed by atoms with van der Waals surface area (Å²) in [6.07, 6.45) is -0.0462. The van der Waals surface area contributed by atoms with Crippen LogP contribution >= 0.6 is 0 Å². The van der Waals surface area contributed by atoms with Crippen LogP contribution < -0.4 is 10.6 Å². The van der Waals surface area contributed by atoms with Crippen molar-refractivity contribution >= 4 is 23.6 Å². The van der Waals surface area contributed by atoms with Crippen LogP contribution in [-0.2, 0) is 14.3 Å². The second kappa shape index (κ2) is 8.48. The first kappa shape index (κ1) is 23.6. The van der Waals surface area contributed by atoms with Gasteiger partial charge in [-0.2, -0.15) is 0 Å². The maximum atomic E-state index is 13.1. The van der Waals surface area contributed by atoms with Gasteiger partial charge in [0.1, 0.15) is 16.9 Å². The SMILES string of the molecule is CC(C)c1ccccc1NC(=O)C1=C(O)[C@@]2(C)CN(C(=O)OC(C)(C)C)CC[C@@H]2NC1=O. The molecule has 3 N–H and O–H groups in total. The van der Waals surface area contributed by atoms with Crippen molar-refractivity contribution in [3.63, 3.8) is 0 Å². The zero-order valence-corrected chi connectivity index (χ0v) is 19.6. The normalized spacial score (nSPS) is 23.5. The second-order valence-corrected chi connectivity index (χ2v) is 10.1. The second-order valence-electron chi connectivity index (χ2n) is 10.1. The quantitative estimate of drug-likeness (QED) is 0.617. The number of ether oxygens (including phenoxy) is 1. The minimum Gasteiger partial charge on any atom is -0.511 e. The van der Waals surface area contributed by atoms with Gasteiger partial charge in [-0.25, -0.2) is 4.79 Å². The van der Waals surface area contributed by atoms with Crippen LogP contribution in [-0.4, -0.2) is 52.6 Å². The van der Waals surface area contributed by atoms with E-state index in [0.29, 0.717) is 18.7 Å². The minimum atomic E-state index is -1.01. The highest BCUT2D eigenvalue weighted by atomic mass is 16.6. The summed E-state index contributed by atoms with van der Waals surface area (Å²) in [5.41, 5.74) is -0.467. The average molecular weight is 444 g/mol. The highest BCUT2D eigenvalue weighted by molar-refractivity contribution is 6.23. The molecule has 0 aromatic heterocycles. The van der Waals surface area contributed by atoms with E-state index in [1.807, 2.05) is 26.0 Å². The van der Waals surface area contributed by atoms with E-state index in [2.05, 4.69) is 10.6 Å². The zero-order valence-electron chi connectivity index (χ0n) is 19.6. The van der Waals surface area contributed by atoms with E-state index in [4.69, 9.17) is 4.74 Å². The number of aliphatic hydroxyl groups is 1. The summed E-state index contributed by atoms with van der Waals surface area (Å²) in [6, 6.07) is 6.96. The summed E-state index contributed by atoms with van der Waals surface area (Å²) in [4.78, 5) is 40.0. The molecule has 174 valence electrons. The number of amides is 3. The Bertz CT molecular complexity index is 963. The lowest BCUT2D eigenvalue weighted by atomic mass is 9.72. The molecule has 1 aromatic rings. The van der Waals surface area contributed by atoms with E-state index < -0.39 is 35.0 Å². The van der Waals surface area contributed by atoms with Crippen LogP contribution in [0.5, 0.6) is 0 Å². The first-order valence-electron chi connectivity index (χ1n) is 11.0. The van der Waals surface area contributed by atoms with Crippen LogP contribution in [0.2, 0.25) is 0 Å². The summed E-state index contributed by atoms with van der Waals surface area (Å²) >= 11 is 0. The van der Waals surface area contributed by atoms with E-state index >= 15 is 0 Å². The highest BCUT2D eigenvalue weighted by Crippen LogP contribution is 2.41. The lowest BCUT2D eigenvalue weighted by molar-refractivity contribution is -0.125. The molecule has 3 rings (SSSR count). The average Bonchev–Trinajstić information content (AvgIpc) is 2.67. The molecule has 0 aliphatic carbocycles. The molecule has 0 saturated carbocycles. The summed E-state index contributed by atoms with van der Waals surface area (Å²) < 4.78 is 5.47. The van der Waals surface area contributed by atoms with Crippen LogP contribution in [0.4, 0.5) is 10.5 Å². The molecule has 0 spiro atoms. The Balaban J connectivity index is 1.90. The number of carbonyl (C=O) groups excluding carboxylic acids is 3. The number of piperidine rings is 1. The Morgan fingerprint density at radius 1 is 1.28 bits per heavy atom. The van der Waals surface area contributed by atoms with Crippen LogP contribution in [0.1, 0.15) is 59.4 Å². The van der Waals surface area contributed by atoms with Crippen molar-refractivity contribution in [2.45, 2.75) is 65.5 Å². The molecular weight excluding hydrogens is 410 g/mol. The molecule has 8 heteroatoms. The van der Waals surface area contributed by atoms with Gasteiger partial charge in [-0.05, 0) is 51.7 Å². The fourth-order valence-corrected chi connectivity index (χ4v) is 4.28. The van der Waals surface area contributed by atoms with Crippen molar-refractivity contribution in [3.8, 4) is 0 Å². The van der Waals surface area contributed by atoms with Gasteiger partial charge >= 0.3 is 6.09 Å². The van der Waals surface area contributed by atoms with E-state index in [1.165, 1.54) is 4.90 Å². The number of para-hydroxylation sites is 1. The standard InChI is InChI=1S/C24H33N3O5/c1-14(2)15-9-7-8-10-16(15)25-20(29)18-19(28)24(6)13-27(22(31)32-23(3,4)5)12-11-17(24)26-21(18)30/h7-10,14,17,28H,11-13H2,1-6H3,(H,25,29)(H,26,30)/t17-,24-/m0/s1. The number of likely N-dealkylation sites (tertiary alicyclic amines) is 1. The van der Waals surface area contributed by atoms with E-state index in [9.17, 15) is 19.5 Å². The van der Waals surface area contributed by atoms with E-state index in [1.54, 1.807) is 39.8 Å². The van der Waals surface area contributed by atoms with Crippen molar-refractivity contribution in [1.82, 2.24) is 10.2 Å². The van der Waals surface area contributed by atoms with Gasteiger partial charge in [-0.3, -0.25) is 9.59 Å². The van der Waals surface area contributed by atoms with Crippen LogP contribution in [0.25, 0.3) is 0 Å². The number of nitrogens with zero attached hydrogens (tertiary/aromatic N) is 1. The number of carbonyl (C=O) groups is 3. The van der Waals surface area contributed by atoms with Gasteiger partial charge in [-0.15, -0.1) is 0 Å². The molecule has 1 fully saturated rings. The zero-order chi connectivity index (χ0) is 23.8. The van der Waals surface area contributed by atoms with E-state index in [0.717, 1.165) is 5.56 Å². The molecule has 3 amide bonds. The predicted molar refractivity (Wildman–Crippen MR) is 121 cm³/mol. The van der Waals surface area contributed by atoms with Crippen LogP contribution in [0.15, 0.2) is 35.6 Å². The van der Waals surface area contributed by atoms with Crippen molar-refractivity contribution < 1.29 is 24.2 Å².